The molecule has 1 aromatic rings. The first-order valence-electron chi connectivity index (χ1n) is 3.81. The number of carbonyl (C=O) groups is 1. The quantitative estimate of drug-likeness (QED) is 0.723. The van der Waals surface area contributed by atoms with Crippen molar-refractivity contribution in [3.63, 3.8) is 0 Å². The Morgan fingerprint density at radius 2 is 2.23 bits per heavy atom. The molecule has 0 aromatic heterocycles. The lowest BCUT2D eigenvalue weighted by atomic mass is 10.1. The second kappa shape index (κ2) is 3.80. The standard InChI is InChI=1S/C9H9NO3/c1-6(10-13)7-3-2-4-8(5-7)9(11)12/h2-6H,1H3,(H,11,12). The maximum atomic E-state index is 10.6. The minimum Gasteiger partial charge on any atom is -0.478 e. The van der Waals surface area contributed by atoms with E-state index in [-0.39, 0.29) is 5.56 Å². The van der Waals surface area contributed by atoms with Gasteiger partial charge in [-0.1, -0.05) is 17.3 Å². The van der Waals surface area contributed by atoms with E-state index in [9.17, 15) is 9.70 Å². The van der Waals surface area contributed by atoms with Crippen LogP contribution < -0.4 is 0 Å². The van der Waals surface area contributed by atoms with Crippen LogP contribution in [0.3, 0.4) is 0 Å². The Hall–Kier alpha value is -1.71. The highest BCUT2D eigenvalue weighted by Crippen LogP contribution is 2.17. The highest BCUT2D eigenvalue weighted by molar-refractivity contribution is 5.87. The van der Waals surface area contributed by atoms with Crippen molar-refractivity contribution >= 4 is 5.97 Å². The molecule has 0 aliphatic heterocycles. The Morgan fingerprint density at radius 3 is 2.77 bits per heavy atom. The van der Waals surface area contributed by atoms with Gasteiger partial charge in [-0.05, 0) is 24.6 Å². The number of hydrogen-bond acceptors (Lipinski definition) is 3. The summed E-state index contributed by atoms with van der Waals surface area (Å²) in [5.74, 6) is -1.00. The number of aromatic carboxylic acids is 1. The van der Waals surface area contributed by atoms with Gasteiger partial charge >= 0.3 is 5.97 Å². The van der Waals surface area contributed by atoms with E-state index in [1.807, 2.05) is 0 Å². The van der Waals surface area contributed by atoms with Crippen molar-refractivity contribution in [2.45, 2.75) is 13.0 Å². The summed E-state index contributed by atoms with van der Waals surface area (Å²) in [6.45, 7) is 1.62. The molecule has 0 spiro atoms. The summed E-state index contributed by atoms with van der Waals surface area (Å²) in [7, 11) is 0. The van der Waals surface area contributed by atoms with E-state index in [4.69, 9.17) is 5.11 Å². The van der Waals surface area contributed by atoms with Gasteiger partial charge in [0.2, 0.25) is 0 Å². The van der Waals surface area contributed by atoms with Crippen LogP contribution in [0.25, 0.3) is 0 Å². The van der Waals surface area contributed by atoms with Crippen LogP contribution >= 0.6 is 0 Å². The van der Waals surface area contributed by atoms with Gasteiger partial charge in [-0.3, -0.25) is 0 Å². The molecular formula is C9H9NO3. The van der Waals surface area contributed by atoms with Crippen molar-refractivity contribution < 1.29 is 9.90 Å². The molecule has 0 fully saturated rings. The number of carboxylic acid groups (broad SMARTS) is 1. The molecule has 0 saturated carbocycles. The van der Waals surface area contributed by atoms with Gasteiger partial charge < -0.3 is 5.11 Å². The monoisotopic (exact) mass is 179 g/mol. The third-order valence-corrected chi connectivity index (χ3v) is 1.77. The van der Waals surface area contributed by atoms with Gasteiger partial charge in [-0.2, -0.15) is 4.91 Å². The highest BCUT2D eigenvalue weighted by Gasteiger charge is 2.08. The summed E-state index contributed by atoms with van der Waals surface area (Å²) in [4.78, 5) is 20.7. The molecule has 1 N–H and O–H groups in total. The third kappa shape index (κ3) is 2.11. The smallest absolute Gasteiger partial charge is 0.335 e. The Kier molecular flexibility index (Phi) is 2.74. The van der Waals surface area contributed by atoms with Crippen LogP contribution in [0.15, 0.2) is 29.4 Å². The maximum Gasteiger partial charge on any atom is 0.335 e. The second-order valence-electron chi connectivity index (χ2n) is 2.71. The fourth-order valence-corrected chi connectivity index (χ4v) is 0.992. The van der Waals surface area contributed by atoms with Crippen LogP contribution in [-0.2, 0) is 0 Å². The Labute approximate surface area is 75.2 Å². The first-order valence-corrected chi connectivity index (χ1v) is 3.81. The summed E-state index contributed by atoms with van der Waals surface area (Å²) in [5, 5.41) is 11.5. The summed E-state index contributed by atoms with van der Waals surface area (Å²) < 4.78 is 0. The summed E-state index contributed by atoms with van der Waals surface area (Å²) in [5.41, 5.74) is 0.794. The van der Waals surface area contributed by atoms with E-state index >= 15 is 0 Å². The van der Waals surface area contributed by atoms with Gasteiger partial charge in [-0.25, -0.2) is 4.79 Å². The SMILES string of the molecule is CC(N=O)c1cccc(C(=O)O)c1. The van der Waals surface area contributed by atoms with Crippen molar-refractivity contribution in [2.24, 2.45) is 5.18 Å². The topological polar surface area (TPSA) is 66.7 Å². The molecule has 13 heavy (non-hydrogen) atoms. The van der Waals surface area contributed by atoms with Crippen molar-refractivity contribution in [1.29, 1.82) is 0 Å². The van der Waals surface area contributed by atoms with Crippen LogP contribution in [0.5, 0.6) is 0 Å². The fourth-order valence-electron chi connectivity index (χ4n) is 0.992. The van der Waals surface area contributed by atoms with Crippen molar-refractivity contribution in [1.82, 2.24) is 0 Å². The largest absolute Gasteiger partial charge is 0.478 e. The first-order chi connectivity index (χ1) is 6.15. The number of hydrogen-bond donors (Lipinski definition) is 1. The maximum absolute atomic E-state index is 10.6. The van der Waals surface area contributed by atoms with Gasteiger partial charge in [-0.15, -0.1) is 0 Å². The van der Waals surface area contributed by atoms with Crippen LogP contribution in [0.4, 0.5) is 0 Å². The molecule has 1 rings (SSSR count). The molecule has 4 nitrogen and oxygen atoms in total. The number of rotatable bonds is 3. The molecule has 0 aliphatic carbocycles. The highest BCUT2D eigenvalue weighted by atomic mass is 16.4. The van der Waals surface area contributed by atoms with Crippen molar-refractivity contribution in [2.75, 3.05) is 0 Å². The van der Waals surface area contributed by atoms with Crippen molar-refractivity contribution in [3.05, 3.63) is 40.3 Å². The molecule has 0 amide bonds. The first kappa shape index (κ1) is 9.38. The molecule has 0 radical (unpaired) electrons. The van der Waals surface area contributed by atoms with Crippen LogP contribution in [-0.4, -0.2) is 11.1 Å². The number of nitroso groups, excluding NO2 is 1. The predicted octanol–water partition coefficient (Wildman–Crippen LogP) is 2.21. The van der Waals surface area contributed by atoms with Crippen LogP contribution in [0.2, 0.25) is 0 Å². The number of carboxylic acids is 1. The molecule has 1 atom stereocenters. The normalized spacial score (nSPS) is 12.1. The lowest BCUT2D eigenvalue weighted by Crippen LogP contribution is -1.98. The van der Waals surface area contributed by atoms with E-state index in [1.54, 1.807) is 19.1 Å². The number of nitrogens with zero attached hydrogens (tertiary/aromatic N) is 1. The van der Waals surface area contributed by atoms with Gasteiger partial charge in [0, 0.05) is 0 Å². The van der Waals surface area contributed by atoms with Crippen LogP contribution in [0.1, 0.15) is 28.9 Å². The molecule has 68 valence electrons. The lowest BCUT2D eigenvalue weighted by molar-refractivity contribution is 0.0697. The van der Waals surface area contributed by atoms with Gasteiger partial charge in [0.25, 0.3) is 0 Å². The molecular weight excluding hydrogens is 170 g/mol. The zero-order chi connectivity index (χ0) is 9.84. The Bertz CT molecular complexity index is 335. The summed E-state index contributed by atoms with van der Waals surface area (Å²) >= 11 is 0. The predicted molar refractivity (Wildman–Crippen MR) is 47.6 cm³/mol. The molecule has 0 heterocycles. The van der Waals surface area contributed by atoms with E-state index < -0.39 is 12.0 Å². The molecule has 0 saturated heterocycles. The Morgan fingerprint density at radius 1 is 1.54 bits per heavy atom. The van der Waals surface area contributed by atoms with Crippen LogP contribution in [0, 0.1) is 4.91 Å². The Balaban J connectivity index is 3.04. The molecule has 1 aromatic carbocycles. The molecule has 0 aliphatic rings. The minimum absolute atomic E-state index is 0.174. The van der Waals surface area contributed by atoms with Gasteiger partial charge in [0.15, 0.2) is 0 Å². The molecule has 4 heteroatoms. The third-order valence-electron chi connectivity index (χ3n) is 1.77. The summed E-state index contributed by atoms with van der Waals surface area (Å²) in [6, 6.07) is 5.70. The van der Waals surface area contributed by atoms with E-state index in [0.29, 0.717) is 5.56 Å². The van der Waals surface area contributed by atoms with E-state index in [2.05, 4.69) is 5.18 Å². The van der Waals surface area contributed by atoms with E-state index in [1.165, 1.54) is 12.1 Å². The minimum atomic E-state index is -1.00. The zero-order valence-electron chi connectivity index (χ0n) is 7.10. The number of benzene rings is 1. The molecule has 0 bridgehead atoms. The fraction of sp³-hybridized carbons (Fsp3) is 0.222. The van der Waals surface area contributed by atoms with Gasteiger partial charge in [0.1, 0.15) is 6.04 Å². The summed E-state index contributed by atoms with van der Waals surface area (Å²) in [6.07, 6.45) is 0. The zero-order valence-corrected chi connectivity index (χ0v) is 7.10. The van der Waals surface area contributed by atoms with Crippen molar-refractivity contribution in [3.8, 4) is 0 Å². The van der Waals surface area contributed by atoms with E-state index in [0.717, 1.165) is 0 Å². The average molecular weight is 179 g/mol. The average Bonchev–Trinajstić information content (AvgIpc) is 2.17. The van der Waals surface area contributed by atoms with Gasteiger partial charge in [0.05, 0.1) is 5.56 Å². The lowest BCUT2D eigenvalue weighted by Gasteiger charge is -2.02. The molecule has 1 unspecified atom stereocenters. The second-order valence-corrected chi connectivity index (χ2v) is 2.71.